The van der Waals surface area contributed by atoms with Crippen LogP contribution in [0.5, 0.6) is 11.5 Å². The van der Waals surface area contributed by atoms with Crippen molar-refractivity contribution < 1.29 is 28.5 Å². The van der Waals surface area contributed by atoms with E-state index in [4.69, 9.17) is 23.9 Å². The van der Waals surface area contributed by atoms with E-state index >= 15 is 0 Å². The molecule has 9 nitrogen and oxygen atoms in total. The van der Waals surface area contributed by atoms with Crippen LogP contribution in [0.2, 0.25) is 0 Å². The maximum absolute atomic E-state index is 14.2. The minimum atomic E-state index is -0.762. The van der Waals surface area contributed by atoms with Crippen molar-refractivity contribution in [1.29, 1.82) is 0 Å². The van der Waals surface area contributed by atoms with Crippen LogP contribution in [-0.4, -0.2) is 49.7 Å². The Morgan fingerprint density at radius 3 is 2.38 bits per heavy atom. The summed E-state index contributed by atoms with van der Waals surface area (Å²) in [6.07, 6.45) is 3.73. The van der Waals surface area contributed by atoms with Gasteiger partial charge in [-0.25, -0.2) is 14.6 Å². The molecule has 0 unspecified atom stereocenters. The van der Waals surface area contributed by atoms with Gasteiger partial charge in [0.15, 0.2) is 22.9 Å². The molecule has 0 N–H and O–H groups in total. The summed E-state index contributed by atoms with van der Waals surface area (Å²) < 4.78 is 23.5. The minimum absolute atomic E-state index is 0.175. The fraction of sp³-hybridized carbons (Fsp3) is 0.235. The highest BCUT2D eigenvalue weighted by Gasteiger charge is 2.35. The lowest BCUT2D eigenvalue weighted by Crippen LogP contribution is -2.40. The lowest BCUT2D eigenvalue weighted by atomic mass is 9.93. The van der Waals surface area contributed by atoms with E-state index in [1.165, 1.54) is 18.4 Å². The quantitative estimate of drug-likeness (QED) is 0.172. The van der Waals surface area contributed by atoms with Crippen LogP contribution in [0.25, 0.3) is 11.8 Å². The van der Waals surface area contributed by atoms with E-state index in [-0.39, 0.29) is 25.4 Å². The number of hydrogen-bond donors (Lipinski definition) is 0. The second-order valence-corrected chi connectivity index (χ2v) is 11.6. The van der Waals surface area contributed by atoms with Crippen molar-refractivity contribution in [2.45, 2.75) is 24.8 Å². The van der Waals surface area contributed by atoms with Crippen LogP contribution in [0, 0.1) is 0 Å². The molecule has 0 aliphatic carbocycles. The number of ether oxygens (including phenoxy) is 4. The molecule has 3 aromatic carbocycles. The summed E-state index contributed by atoms with van der Waals surface area (Å²) in [7, 11) is 1.49. The molecule has 45 heavy (non-hydrogen) atoms. The Morgan fingerprint density at radius 1 is 0.978 bits per heavy atom. The Balaban J connectivity index is 1.67. The van der Waals surface area contributed by atoms with Crippen molar-refractivity contribution in [3.63, 3.8) is 0 Å². The molecule has 0 saturated heterocycles. The van der Waals surface area contributed by atoms with Gasteiger partial charge in [0.2, 0.25) is 0 Å². The molecule has 232 valence electrons. The lowest BCUT2D eigenvalue weighted by Gasteiger charge is -2.26. The molecule has 0 saturated carbocycles. The Hall–Kier alpha value is -4.61. The Kier molecular flexibility index (Phi) is 10.2. The zero-order valence-electron chi connectivity index (χ0n) is 25.3. The molecule has 4 aromatic rings. The van der Waals surface area contributed by atoms with Crippen LogP contribution in [0.4, 0.5) is 0 Å². The fourth-order valence-electron chi connectivity index (χ4n) is 4.93. The standard InChI is InChI=1S/C34H32N2O7S2/c1-5-41-28(37)20-43-25-17-12-21(18-26(25)40-3)19-27-32(38)36-31(23-13-15-24(44-4)16-14-23)29(33(39)42-6-2)30(35-34(36)45-27)22-10-8-7-9-11-22/h7-19,31H,5-6,20H2,1-4H3/b27-19-/t31-/m1/s1. The molecule has 2 heterocycles. The van der Waals surface area contributed by atoms with E-state index in [0.717, 1.165) is 16.0 Å². The van der Waals surface area contributed by atoms with Gasteiger partial charge in [-0.2, -0.15) is 0 Å². The van der Waals surface area contributed by atoms with Gasteiger partial charge in [0, 0.05) is 10.5 Å². The van der Waals surface area contributed by atoms with E-state index in [0.29, 0.717) is 37.7 Å². The number of hydrogen-bond acceptors (Lipinski definition) is 10. The molecule has 0 amide bonds. The van der Waals surface area contributed by atoms with E-state index < -0.39 is 18.0 Å². The maximum Gasteiger partial charge on any atom is 0.344 e. The molecule has 1 aliphatic rings. The third-order valence-corrected chi connectivity index (χ3v) is 8.67. The van der Waals surface area contributed by atoms with Gasteiger partial charge in [0.05, 0.1) is 42.2 Å². The second-order valence-electron chi connectivity index (χ2n) is 9.71. The Morgan fingerprint density at radius 2 is 1.71 bits per heavy atom. The summed E-state index contributed by atoms with van der Waals surface area (Å²) in [5.41, 5.74) is 2.64. The molecule has 5 rings (SSSR count). The van der Waals surface area contributed by atoms with Crippen LogP contribution >= 0.6 is 23.1 Å². The van der Waals surface area contributed by atoms with Crippen molar-refractivity contribution in [3.8, 4) is 11.5 Å². The molecule has 0 spiro atoms. The molecule has 1 aromatic heterocycles. The summed E-state index contributed by atoms with van der Waals surface area (Å²) in [5, 5.41) is 0. The Bertz CT molecular complexity index is 1910. The number of benzene rings is 3. The number of carbonyl (C=O) groups excluding carboxylic acids is 2. The molecule has 0 radical (unpaired) electrons. The summed E-state index contributed by atoms with van der Waals surface area (Å²) in [5.74, 6) is -0.260. The third-order valence-electron chi connectivity index (χ3n) is 6.94. The first-order valence-corrected chi connectivity index (χ1v) is 16.3. The number of thiazole rings is 1. The summed E-state index contributed by atoms with van der Waals surface area (Å²) in [6, 6.07) is 21.6. The predicted octanol–water partition coefficient (Wildman–Crippen LogP) is 4.61. The largest absolute Gasteiger partial charge is 0.493 e. The molecule has 0 bridgehead atoms. The third kappa shape index (κ3) is 6.89. The molecular weight excluding hydrogens is 613 g/mol. The highest BCUT2D eigenvalue weighted by Crippen LogP contribution is 2.36. The zero-order chi connectivity index (χ0) is 31.9. The highest BCUT2D eigenvalue weighted by molar-refractivity contribution is 7.98. The van der Waals surface area contributed by atoms with Crippen molar-refractivity contribution in [1.82, 2.24) is 4.57 Å². The monoisotopic (exact) mass is 644 g/mol. The van der Waals surface area contributed by atoms with Gasteiger partial charge in [-0.3, -0.25) is 9.36 Å². The zero-order valence-corrected chi connectivity index (χ0v) is 26.9. The van der Waals surface area contributed by atoms with Crippen molar-refractivity contribution >= 4 is 46.8 Å². The molecule has 1 aliphatic heterocycles. The van der Waals surface area contributed by atoms with Crippen LogP contribution < -0.4 is 24.4 Å². The molecule has 0 fully saturated rings. The topological polar surface area (TPSA) is 105 Å². The van der Waals surface area contributed by atoms with E-state index in [9.17, 15) is 14.4 Å². The number of esters is 2. The van der Waals surface area contributed by atoms with Gasteiger partial charge in [-0.15, -0.1) is 11.8 Å². The maximum atomic E-state index is 14.2. The number of fused-ring (bicyclic) bond motifs is 1. The van der Waals surface area contributed by atoms with Crippen molar-refractivity contribution in [3.05, 3.63) is 115 Å². The number of thioether (sulfide) groups is 1. The first-order chi connectivity index (χ1) is 21.9. The van der Waals surface area contributed by atoms with E-state index in [1.807, 2.05) is 60.9 Å². The van der Waals surface area contributed by atoms with Crippen molar-refractivity contribution in [2.24, 2.45) is 4.99 Å². The summed E-state index contributed by atoms with van der Waals surface area (Å²) in [4.78, 5) is 45.9. The Labute approximate surface area is 268 Å². The number of aromatic nitrogens is 1. The number of rotatable bonds is 11. The van der Waals surface area contributed by atoms with Gasteiger partial charge in [-0.05, 0) is 61.6 Å². The van der Waals surface area contributed by atoms with Gasteiger partial charge in [0.1, 0.15) is 0 Å². The second kappa shape index (κ2) is 14.4. The van der Waals surface area contributed by atoms with Gasteiger partial charge in [0.25, 0.3) is 5.56 Å². The lowest BCUT2D eigenvalue weighted by molar-refractivity contribution is -0.145. The first kappa shape index (κ1) is 31.8. The number of methoxy groups -OCH3 is 1. The molecule has 1 atom stereocenters. The summed E-state index contributed by atoms with van der Waals surface area (Å²) >= 11 is 2.84. The van der Waals surface area contributed by atoms with Crippen LogP contribution in [0.3, 0.4) is 0 Å². The average molecular weight is 645 g/mol. The normalized spacial score (nSPS) is 14.4. The van der Waals surface area contributed by atoms with Gasteiger partial charge >= 0.3 is 11.9 Å². The first-order valence-electron chi connectivity index (χ1n) is 14.3. The number of carbonyl (C=O) groups is 2. The SMILES string of the molecule is CCOC(=O)COc1ccc(/C=c2\sc3n(c2=O)[C@H](c2ccc(SC)cc2)C(C(=O)OCC)=C(c2ccccc2)N=3)cc1OC. The van der Waals surface area contributed by atoms with E-state index in [2.05, 4.69) is 0 Å². The van der Waals surface area contributed by atoms with Crippen LogP contribution in [0.15, 0.2) is 93.1 Å². The van der Waals surface area contributed by atoms with Crippen LogP contribution in [0.1, 0.15) is 36.6 Å². The van der Waals surface area contributed by atoms with Crippen molar-refractivity contribution in [2.75, 3.05) is 33.2 Å². The molecule has 11 heteroatoms. The highest BCUT2D eigenvalue weighted by atomic mass is 32.2. The minimum Gasteiger partial charge on any atom is -0.493 e. The fourth-order valence-corrected chi connectivity index (χ4v) is 6.34. The average Bonchev–Trinajstić information content (AvgIpc) is 3.37. The van der Waals surface area contributed by atoms with Crippen LogP contribution in [-0.2, 0) is 19.1 Å². The van der Waals surface area contributed by atoms with E-state index in [1.54, 1.807) is 54.5 Å². The predicted molar refractivity (Wildman–Crippen MR) is 174 cm³/mol. The smallest absolute Gasteiger partial charge is 0.344 e. The van der Waals surface area contributed by atoms with Gasteiger partial charge < -0.3 is 18.9 Å². The summed E-state index contributed by atoms with van der Waals surface area (Å²) in [6.45, 7) is 3.65. The molecular formula is C34H32N2O7S2. The number of nitrogens with zero attached hydrogens (tertiary/aromatic N) is 2. The van der Waals surface area contributed by atoms with Gasteiger partial charge in [-0.1, -0.05) is 59.9 Å².